The van der Waals surface area contributed by atoms with Gasteiger partial charge in [0, 0.05) is 6.54 Å². The topological polar surface area (TPSA) is 12.4 Å². The molecule has 0 N–H and O–H groups in total. The molecule has 0 aliphatic rings. The lowest BCUT2D eigenvalue weighted by Gasteiger charge is -1.98. The molecule has 0 saturated carbocycles. The molecule has 0 heterocycles. The maximum Gasteiger partial charge on any atom is 0.0385 e. The van der Waals surface area contributed by atoms with Crippen LogP contribution in [0.4, 0.5) is 0 Å². The minimum absolute atomic E-state index is 1.03. The summed E-state index contributed by atoms with van der Waals surface area (Å²) in [6, 6.07) is 0. The van der Waals surface area contributed by atoms with Gasteiger partial charge in [-0.2, -0.15) is 0 Å². The first kappa shape index (κ1) is 11.7. The molecule has 0 aromatic heterocycles. The van der Waals surface area contributed by atoms with E-state index >= 15 is 0 Å². The summed E-state index contributed by atoms with van der Waals surface area (Å²) >= 11 is 0. The van der Waals surface area contributed by atoms with Crippen molar-refractivity contribution in [3.8, 4) is 0 Å². The summed E-state index contributed by atoms with van der Waals surface area (Å²) in [4.78, 5) is 4.18. The van der Waals surface area contributed by atoms with Crippen molar-refractivity contribution in [3.63, 3.8) is 0 Å². The van der Waals surface area contributed by atoms with Crippen LogP contribution in [0, 0.1) is 0 Å². The van der Waals surface area contributed by atoms with Crippen LogP contribution in [-0.4, -0.2) is 12.8 Å². The van der Waals surface area contributed by atoms with Crippen molar-refractivity contribution in [2.45, 2.75) is 58.8 Å². The monoisotopic (exact) mass is 169 g/mol. The first-order valence-corrected chi connectivity index (χ1v) is 5.36. The van der Waals surface area contributed by atoms with Gasteiger partial charge in [0.05, 0.1) is 0 Å². The van der Waals surface area contributed by atoms with E-state index in [1.165, 1.54) is 44.9 Å². The summed E-state index contributed by atoms with van der Waals surface area (Å²) in [5.74, 6) is 0. The number of rotatable bonds is 8. The first-order chi connectivity index (χ1) is 5.91. The van der Waals surface area contributed by atoms with Crippen molar-refractivity contribution in [2.24, 2.45) is 4.99 Å². The number of hydrogen-bond acceptors (Lipinski definition) is 1. The van der Waals surface area contributed by atoms with E-state index in [0.29, 0.717) is 0 Å². The van der Waals surface area contributed by atoms with Gasteiger partial charge in [-0.05, 0) is 19.6 Å². The minimum atomic E-state index is 1.03. The highest BCUT2D eigenvalue weighted by molar-refractivity contribution is 5.53. The standard InChI is InChI=1S/C11H23N/c1-3-5-6-7-8-9-10-11-12-4-2/h4H,3,5-11H2,1-2H3/b12-4+. The van der Waals surface area contributed by atoms with Crippen LogP contribution in [0.15, 0.2) is 4.99 Å². The van der Waals surface area contributed by atoms with Crippen molar-refractivity contribution < 1.29 is 0 Å². The van der Waals surface area contributed by atoms with Gasteiger partial charge in [-0.25, -0.2) is 0 Å². The Morgan fingerprint density at radius 3 is 2.08 bits per heavy atom. The van der Waals surface area contributed by atoms with E-state index in [9.17, 15) is 0 Å². The normalized spacial score (nSPS) is 11.2. The lowest BCUT2D eigenvalue weighted by molar-refractivity contribution is 0.593. The van der Waals surface area contributed by atoms with Gasteiger partial charge < -0.3 is 0 Å². The molecule has 0 radical (unpaired) electrons. The molecule has 0 fully saturated rings. The molecule has 0 saturated heterocycles. The molecule has 0 bridgehead atoms. The summed E-state index contributed by atoms with van der Waals surface area (Å²) in [6.07, 6.45) is 11.5. The molecule has 1 heteroatoms. The SMILES string of the molecule is C/C=N/CCCCCCCCC. The van der Waals surface area contributed by atoms with Crippen LogP contribution in [-0.2, 0) is 0 Å². The molecular formula is C11H23N. The molecule has 12 heavy (non-hydrogen) atoms. The van der Waals surface area contributed by atoms with Crippen LogP contribution < -0.4 is 0 Å². The van der Waals surface area contributed by atoms with Crippen molar-refractivity contribution in [1.29, 1.82) is 0 Å². The average Bonchev–Trinajstić information content (AvgIpc) is 2.10. The van der Waals surface area contributed by atoms with E-state index in [0.717, 1.165) is 6.54 Å². The smallest absolute Gasteiger partial charge is 0.0385 e. The fourth-order valence-electron chi connectivity index (χ4n) is 1.29. The number of aliphatic imine (C=N–C) groups is 1. The van der Waals surface area contributed by atoms with Crippen molar-refractivity contribution in [1.82, 2.24) is 0 Å². The molecule has 0 unspecified atom stereocenters. The third-order valence-corrected chi connectivity index (χ3v) is 2.07. The Morgan fingerprint density at radius 1 is 0.917 bits per heavy atom. The molecule has 0 aliphatic heterocycles. The van der Waals surface area contributed by atoms with Crippen molar-refractivity contribution in [3.05, 3.63) is 0 Å². The van der Waals surface area contributed by atoms with E-state index in [-0.39, 0.29) is 0 Å². The summed E-state index contributed by atoms with van der Waals surface area (Å²) in [5.41, 5.74) is 0. The van der Waals surface area contributed by atoms with Gasteiger partial charge in [0.2, 0.25) is 0 Å². The second-order valence-corrected chi connectivity index (χ2v) is 3.29. The largest absolute Gasteiger partial charge is 0.298 e. The second-order valence-electron chi connectivity index (χ2n) is 3.29. The van der Waals surface area contributed by atoms with Gasteiger partial charge >= 0.3 is 0 Å². The van der Waals surface area contributed by atoms with Crippen LogP contribution in [0.2, 0.25) is 0 Å². The quantitative estimate of drug-likeness (QED) is 0.387. The Labute approximate surface area is 77.3 Å². The van der Waals surface area contributed by atoms with Gasteiger partial charge in [0.25, 0.3) is 0 Å². The van der Waals surface area contributed by atoms with E-state index in [1.54, 1.807) is 0 Å². The molecule has 1 nitrogen and oxygen atoms in total. The molecule has 0 aliphatic carbocycles. The Hall–Kier alpha value is -0.330. The number of hydrogen-bond donors (Lipinski definition) is 0. The third-order valence-electron chi connectivity index (χ3n) is 2.07. The summed E-state index contributed by atoms with van der Waals surface area (Å²) < 4.78 is 0. The molecule has 0 amide bonds. The van der Waals surface area contributed by atoms with E-state index in [2.05, 4.69) is 11.9 Å². The Balaban J connectivity index is 2.81. The maximum absolute atomic E-state index is 4.18. The number of nitrogens with zero attached hydrogens (tertiary/aromatic N) is 1. The van der Waals surface area contributed by atoms with Crippen LogP contribution in [0.1, 0.15) is 58.8 Å². The first-order valence-electron chi connectivity index (χ1n) is 5.36. The van der Waals surface area contributed by atoms with Gasteiger partial charge in [0.1, 0.15) is 0 Å². The summed E-state index contributed by atoms with van der Waals surface area (Å²) in [6.45, 7) is 5.28. The predicted molar refractivity (Wildman–Crippen MR) is 57.0 cm³/mol. The Kier molecular flexibility index (Phi) is 10.4. The van der Waals surface area contributed by atoms with Crippen LogP contribution in [0.3, 0.4) is 0 Å². The number of unbranched alkanes of at least 4 members (excludes halogenated alkanes) is 6. The molecule has 0 aromatic rings. The molecule has 0 aromatic carbocycles. The molecule has 0 spiro atoms. The highest BCUT2D eigenvalue weighted by atomic mass is 14.7. The lowest BCUT2D eigenvalue weighted by atomic mass is 10.1. The maximum atomic E-state index is 4.18. The highest BCUT2D eigenvalue weighted by Gasteiger charge is 1.88. The zero-order valence-corrected chi connectivity index (χ0v) is 8.68. The zero-order chi connectivity index (χ0) is 9.07. The average molecular weight is 169 g/mol. The molecule has 0 atom stereocenters. The van der Waals surface area contributed by atoms with E-state index < -0.39 is 0 Å². The van der Waals surface area contributed by atoms with Crippen molar-refractivity contribution in [2.75, 3.05) is 6.54 Å². The highest BCUT2D eigenvalue weighted by Crippen LogP contribution is 2.06. The second kappa shape index (κ2) is 10.7. The third kappa shape index (κ3) is 9.67. The Morgan fingerprint density at radius 2 is 1.50 bits per heavy atom. The lowest BCUT2D eigenvalue weighted by Crippen LogP contribution is -1.83. The zero-order valence-electron chi connectivity index (χ0n) is 8.68. The summed E-state index contributed by atoms with van der Waals surface area (Å²) in [5, 5.41) is 0. The minimum Gasteiger partial charge on any atom is -0.298 e. The molecule has 0 rings (SSSR count). The molecular weight excluding hydrogens is 146 g/mol. The Bertz CT molecular complexity index is 97.2. The van der Waals surface area contributed by atoms with E-state index in [1.807, 2.05) is 13.1 Å². The fourth-order valence-corrected chi connectivity index (χ4v) is 1.29. The van der Waals surface area contributed by atoms with Crippen LogP contribution in [0.25, 0.3) is 0 Å². The van der Waals surface area contributed by atoms with Gasteiger partial charge in [-0.3, -0.25) is 4.99 Å². The van der Waals surface area contributed by atoms with Gasteiger partial charge in [-0.1, -0.05) is 45.4 Å². The molecule has 72 valence electrons. The van der Waals surface area contributed by atoms with Crippen LogP contribution in [0.5, 0.6) is 0 Å². The van der Waals surface area contributed by atoms with Crippen LogP contribution >= 0.6 is 0 Å². The van der Waals surface area contributed by atoms with Gasteiger partial charge in [0.15, 0.2) is 0 Å². The van der Waals surface area contributed by atoms with E-state index in [4.69, 9.17) is 0 Å². The van der Waals surface area contributed by atoms with Crippen molar-refractivity contribution >= 4 is 6.21 Å². The fraction of sp³-hybridized carbons (Fsp3) is 0.909. The summed E-state index contributed by atoms with van der Waals surface area (Å²) in [7, 11) is 0. The predicted octanol–water partition coefficient (Wildman–Crippen LogP) is 3.83. The van der Waals surface area contributed by atoms with Gasteiger partial charge in [-0.15, -0.1) is 0 Å².